The quantitative estimate of drug-likeness (QED) is 0.853. The van der Waals surface area contributed by atoms with Crippen LogP contribution in [0.2, 0.25) is 5.02 Å². The van der Waals surface area contributed by atoms with Gasteiger partial charge >= 0.3 is 0 Å². The van der Waals surface area contributed by atoms with Crippen LogP contribution in [0.1, 0.15) is 12.8 Å². The van der Waals surface area contributed by atoms with Gasteiger partial charge < -0.3 is 10.6 Å². The van der Waals surface area contributed by atoms with Crippen molar-refractivity contribution in [1.29, 1.82) is 0 Å². The molecular formula is C10H11ClFN3O. The predicted molar refractivity (Wildman–Crippen MR) is 58.8 cm³/mol. The highest BCUT2D eigenvalue weighted by atomic mass is 35.5. The Kier molecular flexibility index (Phi) is 2.96. The van der Waals surface area contributed by atoms with Crippen LogP contribution in [0, 0.1) is 5.82 Å². The van der Waals surface area contributed by atoms with Gasteiger partial charge in [0.05, 0.1) is 5.02 Å². The number of rotatable bonds is 2. The predicted octanol–water partition coefficient (Wildman–Crippen LogP) is 1.33. The number of carbonyl (C=O) groups is 1. The number of halogens is 2. The summed E-state index contributed by atoms with van der Waals surface area (Å²) in [6.45, 7) is 0.582. The van der Waals surface area contributed by atoms with Crippen LogP contribution < -0.4 is 10.6 Å². The van der Waals surface area contributed by atoms with E-state index in [0.29, 0.717) is 13.0 Å². The van der Waals surface area contributed by atoms with E-state index in [1.165, 1.54) is 12.3 Å². The molecule has 86 valence electrons. The average Bonchev–Trinajstić information content (AvgIpc) is 2.66. The molecule has 0 bridgehead atoms. The number of aromatic nitrogens is 1. The monoisotopic (exact) mass is 243 g/mol. The molecule has 1 saturated heterocycles. The van der Waals surface area contributed by atoms with Crippen LogP contribution in [0.3, 0.4) is 0 Å². The standard InChI is InChI=1S/C10H11ClFN3O/c11-6-4-7(12)10(14-5-6)15-3-1-2-8(15)9(13)16/h4-5,8H,1-3H2,(H2,13,16). The van der Waals surface area contributed by atoms with Crippen LogP contribution in [0.4, 0.5) is 10.2 Å². The molecule has 0 aromatic carbocycles. The van der Waals surface area contributed by atoms with Gasteiger partial charge in [-0.05, 0) is 18.9 Å². The van der Waals surface area contributed by atoms with Crippen molar-refractivity contribution in [3.8, 4) is 0 Å². The second kappa shape index (κ2) is 4.25. The van der Waals surface area contributed by atoms with Crippen molar-refractivity contribution in [3.05, 3.63) is 23.1 Å². The van der Waals surface area contributed by atoms with Crippen LogP contribution in [0.25, 0.3) is 0 Å². The minimum Gasteiger partial charge on any atom is -0.368 e. The molecule has 2 heterocycles. The Morgan fingerprint density at radius 1 is 1.69 bits per heavy atom. The summed E-state index contributed by atoms with van der Waals surface area (Å²) >= 11 is 5.61. The fraction of sp³-hybridized carbons (Fsp3) is 0.400. The average molecular weight is 244 g/mol. The Morgan fingerprint density at radius 2 is 2.44 bits per heavy atom. The number of hydrogen-bond acceptors (Lipinski definition) is 3. The van der Waals surface area contributed by atoms with Gasteiger partial charge in [0.1, 0.15) is 6.04 Å². The summed E-state index contributed by atoms with van der Waals surface area (Å²) in [5, 5.41) is 0.232. The van der Waals surface area contributed by atoms with Gasteiger partial charge in [0, 0.05) is 12.7 Å². The Bertz CT molecular complexity index is 427. The Morgan fingerprint density at radius 3 is 3.06 bits per heavy atom. The largest absolute Gasteiger partial charge is 0.368 e. The number of pyridine rings is 1. The maximum Gasteiger partial charge on any atom is 0.240 e. The first-order valence-electron chi connectivity index (χ1n) is 4.96. The summed E-state index contributed by atoms with van der Waals surface area (Å²) in [6.07, 6.45) is 2.80. The third kappa shape index (κ3) is 1.95. The third-order valence-electron chi connectivity index (χ3n) is 2.64. The smallest absolute Gasteiger partial charge is 0.240 e. The summed E-state index contributed by atoms with van der Waals surface area (Å²) < 4.78 is 13.6. The number of amides is 1. The molecule has 1 unspecified atom stereocenters. The van der Waals surface area contributed by atoms with E-state index in [-0.39, 0.29) is 10.8 Å². The van der Waals surface area contributed by atoms with Crippen LogP contribution in [-0.4, -0.2) is 23.5 Å². The van der Waals surface area contributed by atoms with E-state index < -0.39 is 17.8 Å². The van der Waals surface area contributed by atoms with Gasteiger partial charge in [0.25, 0.3) is 0 Å². The minimum atomic E-state index is -0.527. The second-order valence-electron chi connectivity index (χ2n) is 3.71. The van der Waals surface area contributed by atoms with Gasteiger partial charge in [0.2, 0.25) is 5.91 Å². The molecule has 1 aliphatic rings. The lowest BCUT2D eigenvalue weighted by Gasteiger charge is -2.23. The first-order valence-corrected chi connectivity index (χ1v) is 5.34. The molecule has 0 saturated carbocycles. The van der Waals surface area contributed by atoms with Gasteiger partial charge in [-0.3, -0.25) is 4.79 Å². The summed E-state index contributed by atoms with van der Waals surface area (Å²) in [5.41, 5.74) is 5.25. The molecule has 1 atom stereocenters. The van der Waals surface area contributed by atoms with E-state index in [1.807, 2.05) is 0 Å². The van der Waals surface area contributed by atoms with Crippen LogP contribution in [0.5, 0.6) is 0 Å². The molecule has 1 amide bonds. The molecule has 6 heteroatoms. The fourth-order valence-corrected chi connectivity index (χ4v) is 2.08. The summed E-state index contributed by atoms with van der Waals surface area (Å²) in [6, 6.07) is 0.712. The lowest BCUT2D eigenvalue weighted by atomic mass is 10.2. The lowest BCUT2D eigenvalue weighted by Crippen LogP contribution is -2.41. The van der Waals surface area contributed by atoms with Gasteiger partial charge in [0.15, 0.2) is 11.6 Å². The number of carbonyl (C=O) groups excluding carboxylic acids is 1. The van der Waals surface area contributed by atoms with Crippen molar-refractivity contribution < 1.29 is 9.18 Å². The normalized spacial score (nSPS) is 20.1. The molecule has 0 aliphatic carbocycles. The maximum atomic E-state index is 13.6. The lowest BCUT2D eigenvalue weighted by molar-refractivity contribution is -0.119. The van der Waals surface area contributed by atoms with E-state index >= 15 is 0 Å². The highest BCUT2D eigenvalue weighted by Gasteiger charge is 2.31. The van der Waals surface area contributed by atoms with Crippen molar-refractivity contribution in [2.75, 3.05) is 11.4 Å². The van der Waals surface area contributed by atoms with E-state index in [4.69, 9.17) is 17.3 Å². The highest BCUT2D eigenvalue weighted by molar-refractivity contribution is 6.30. The molecule has 2 N–H and O–H groups in total. The van der Waals surface area contributed by atoms with Crippen molar-refractivity contribution in [2.45, 2.75) is 18.9 Å². The summed E-state index contributed by atoms with van der Waals surface area (Å²) in [7, 11) is 0. The molecule has 4 nitrogen and oxygen atoms in total. The molecule has 1 aromatic rings. The van der Waals surface area contributed by atoms with Gasteiger partial charge in [-0.2, -0.15) is 0 Å². The molecule has 1 aromatic heterocycles. The zero-order valence-corrected chi connectivity index (χ0v) is 9.25. The van der Waals surface area contributed by atoms with E-state index in [2.05, 4.69) is 4.98 Å². The Labute approximate surface area is 97.2 Å². The summed E-state index contributed by atoms with van der Waals surface area (Å²) in [4.78, 5) is 16.7. The Balaban J connectivity index is 2.32. The molecule has 0 spiro atoms. The van der Waals surface area contributed by atoms with Crippen molar-refractivity contribution in [2.24, 2.45) is 5.73 Å². The number of hydrogen-bond donors (Lipinski definition) is 1. The molecule has 16 heavy (non-hydrogen) atoms. The zero-order chi connectivity index (χ0) is 11.7. The SMILES string of the molecule is NC(=O)C1CCCN1c1ncc(Cl)cc1F. The van der Waals surface area contributed by atoms with Crippen molar-refractivity contribution >= 4 is 23.3 Å². The molecular weight excluding hydrogens is 233 g/mol. The van der Waals surface area contributed by atoms with Crippen molar-refractivity contribution in [3.63, 3.8) is 0 Å². The maximum absolute atomic E-state index is 13.6. The zero-order valence-electron chi connectivity index (χ0n) is 8.49. The number of anilines is 1. The highest BCUT2D eigenvalue weighted by Crippen LogP contribution is 2.27. The first kappa shape index (κ1) is 11.1. The van der Waals surface area contributed by atoms with Gasteiger partial charge in [-0.15, -0.1) is 0 Å². The van der Waals surface area contributed by atoms with Crippen LogP contribution in [-0.2, 0) is 4.79 Å². The second-order valence-corrected chi connectivity index (χ2v) is 4.15. The number of nitrogens with zero attached hydrogens (tertiary/aromatic N) is 2. The number of nitrogens with two attached hydrogens (primary N) is 1. The first-order chi connectivity index (χ1) is 7.59. The van der Waals surface area contributed by atoms with Crippen LogP contribution >= 0.6 is 11.6 Å². The van der Waals surface area contributed by atoms with Gasteiger partial charge in [-0.25, -0.2) is 9.37 Å². The topological polar surface area (TPSA) is 59.2 Å². The molecule has 2 rings (SSSR count). The number of primary amides is 1. The summed E-state index contributed by atoms with van der Waals surface area (Å²) in [5.74, 6) is -0.833. The van der Waals surface area contributed by atoms with E-state index in [9.17, 15) is 9.18 Å². The molecule has 0 radical (unpaired) electrons. The van der Waals surface area contributed by atoms with Crippen LogP contribution in [0.15, 0.2) is 12.3 Å². The Hall–Kier alpha value is -1.36. The van der Waals surface area contributed by atoms with Crippen molar-refractivity contribution in [1.82, 2.24) is 4.98 Å². The van der Waals surface area contributed by atoms with E-state index in [0.717, 1.165) is 6.42 Å². The molecule has 1 fully saturated rings. The molecule has 1 aliphatic heterocycles. The minimum absolute atomic E-state index is 0.144. The van der Waals surface area contributed by atoms with E-state index in [1.54, 1.807) is 4.90 Å². The third-order valence-corrected chi connectivity index (χ3v) is 2.85. The fourth-order valence-electron chi connectivity index (χ4n) is 1.93. The van der Waals surface area contributed by atoms with Gasteiger partial charge in [-0.1, -0.05) is 11.6 Å².